The van der Waals surface area contributed by atoms with Crippen molar-refractivity contribution >= 4 is 11.7 Å². The molecule has 2 amide bonds. The van der Waals surface area contributed by atoms with E-state index in [-0.39, 0.29) is 6.03 Å². The third-order valence-electron chi connectivity index (χ3n) is 4.84. The van der Waals surface area contributed by atoms with Crippen LogP contribution in [0.3, 0.4) is 0 Å². The van der Waals surface area contributed by atoms with Gasteiger partial charge >= 0.3 is 6.03 Å². The summed E-state index contributed by atoms with van der Waals surface area (Å²) in [5.41, 5.74) is 7.63. The predicted octanol–water partition coefficient (Wildman–Crippen LogP) is 5.03. The number of aromatic nitrogens is 1. The SMILES string of the molecule is Cc1cccc(NC(=O)NCc2cc(C)n(-c3ccccc3)c2C)c1C. The number of nitrogens with zero attached hydrogens (tertiary/aromatic N) is 1. The number of aryl methyl sites for hydroxylation is 2. The molecule has 134 valence electrons. The maximum Gasteiger partial charge on any atom is 0.319 e. The van der Waals surface area contributed by atoms with Crippen molar-refractivity contribution in [3.8, 4) is 5.69 Å². The molecule has 0 saturated carbocycles. The molecule has 26 heavy (non-hydrogen) atoms. The van der Waals surface area contributed by atoms with E-state index in [9.17, 15) is 4.79 Å². The fraction of sp³-hybridized carbons (Fsp3) is 0.227. The molecule has 0 saturated heterocycles. The molecule has 3 rings (SSSR count). The van der Waals surface area contributed by atoms with E-state index < -0.39 is 0 Å². The lowest BCUT2D eigenvalue weighted by Crippen LogP contribution is -2.28. The first-order chi connectivity index (χ1) is 12.5. The first-order valence-electron chi connectivity index (χ1n) is 8.81. The quantitative estimate of drug-likeness (QED) is 0.683. The van der Waals surface area contributed by atoms with Gasteiger partial charge in [0.1, 0.15) is 0 Å². The lowest BCUT2D eigenvalue weighted by atomic mass is 10.1. The van der Waals surface area contributed by atoms with Crippen molar-refractivity contribution in [3.05, 3.63) is 82.7 Å². The van der Waals surface area contributed by atoms with Crippen LogP contribution in [0.25, 0.3) is 5.69 Å². The van der Waals surface area contributed by atoms with Gasteiger partial charge in [-0.3, -0.25) is 0 Å². The minimum absolute atomic E-state index is 0.191. The summed E-state index contributed by atoms with van der Waals surface area (Å²) in [4.78, 5) is 12.3. The third kappa shape index (κ3) is 3.64. The smallest absolute Gasteiger partial charge is 0.319 e. The molecule has 0 bridgehead atoms. The van der Waals surface area contributed by atoms with Gasteiger partial charge < -0.3 is 15.2 Å². The van der Waals surface area contributed by atoms with Crippen LogP contribution in [0.5, 0.6) is 0 Å². The molecular formula is C22H25N3O. The molecule has 2 N–H and O–H groups in total. The number of amides is 2. The minimum Gasteiger partial charge on any atom is -0.334 e. The monoisotopic (exact) mass is 347 g/mol. The third-order valence-corrected chi connectivity index (χ3v) is 4.84. The molecule has 4 heteroatoms. The second kappa shape index (κ2) is 7.48. The van der Waals surface area contributed by atoms with Crippen LogP contribution < -0.4 is 10.6 Å². The number of nitrogens with one attached hydrogen (secondary N) is 2. The largest absolute Gasteiger partial charge is 0.334 e. The van der Waals surface area contributed by atoms with Gasteiger partial charge in [-0.1, -0.05) is 30.3 Å². The molecule has 3 aromatic rings. The van der Waals surface area contributed by atoms with Crippen molar-refractivity contribution in [2.75, 3.05) is 5.32 Å². The van der Waals surface area contributed by atoms with Gasteiger partial charge in [0.15, 0.2) is 0 Å². The highest BCUT2D eigenvalue weighted by Crippen LogP contribution is 2.21. The molecule has 1 aromatic heterocycles. The van der Waals surface area contributed by atoms with E-state index in [1.54, 1.807) is 0 Å². The second-order valence-corrected chi connectivity index (χ2v) is 6.62. The normalized spacial score (nSPS) is 10.6. The molecule has 0 unspecified atom stereocenters. The van der Waals surface area contributed by atoms with E-state index in [1.165, 1.54) is 0 Å². The number of para-hydroxylation sites is 1. The van der Waals surface area contributed by atoms with Crippen LogP contribution in [0, 0.1) is 27.7 Å². The zero-order chi connectivity index (χ0) is 18.7. The van der Waals surface area contributed by atoms with Gasteiger partial charge in [-0.25, -0.2) is 4.79 Å². The van der Waals surface area contributed by atoms with Gasteiger partial charge in [0, 0.05) is 29.3 Å². The van der Waals surface area contributed by atoms with Crippen molar-refractivity contribution in [1.29, 1.82) is 0 Å². The molecular weight excluding hydrogens is 322 g/mol. The Hall–Kier alpha value is -3.01. The molecule has 4 nitrogen and oxygen atoms in total. The maximum atomic E-state index is 12.3. The maximum absolute atomic E-state index is 12.3. The molecule has 1 heterocycles. The van der Waals surface area contributed by atoms with E-state index in [0.29, 0.717) is 6.54 Å². The summed E-state index contributed by atoms with van der Waals surface area (Å²) in [6.07, 6.45) is 0. The van der Waals surface area contributed by atoms with Crippen LogP contribution in [-0.4, -0.2) is 10.6 Å². The van der Waals surface area contributed by atoms with Crippen molar-refractivity contribution in [1.82, 2.24) is 9.88 Å². The number of carbonyl (C=O) groups is 1. The van der Waals surface area contributed by atoms with Crippen LogP contribution in [0.4, 0.5) is 10.5 Å². The number of hydrogen-bond donors (Lipinski definition) is 2. The zero-order valence-electron chi connectivity index (χ0n) is 15.8. The first kappa shape index (κ1) is 17.8. The van der Waals surface area contributed by atoms with Crippen molar-refractivity contribution in [2.45, 2.75) is 34.2 Å². The van der Waals surface area contributed by atoms with Crippen molar-refractivity contribution in [2.24, 2.45) is 0 Å². The minimum atomic E-state index is -0.191. The van der Waals surface area contributed by atoms with Crippen LogP contribution in [0.1, 0.15) is 28.1 Å². The fourth-order valence-corrected chi connectivity index (χ4v) is 3.21. The highest BCUT2D eigenvalue weighted by atomic mass is 16.2. The summed E-state index contributed by atoms with van der Waals surface area (Å²) in [6.45, 7) is 8.71. The molecule has 0 aliphatic rings. The van der Waals surface area contributed by atoms with Crippen LogP contribution in [0.2, 0.25) is 0 Å². The number of benzene rings is 2. The van der Waals surface area contributed by atoms with E-state index in [4.69, 9.17) is 0 Å². The Morgan fingerprint density at radius 2 is 1.69 bits per heavy atom. The molecule has 0 aliphatic heterocycles. The Morgan fingerprint density at radius 1 is 0.962 bits per heavy atom. The topological polar surface area (TPSA) is 46.1 Å². The lowest BCUT2D eigenvalue weighted by Gasteiger charge is -2.12. The molecule has 0 radical (unpaired) electrons. The summed E-state index contributed by atoms with van der Waals surface area (Å²) in [6, 6.07) is 18.1. The highest BCUT2D eigenvalue weighted by molar-refractivity contribution is 5.90. The Balaban J connectivity index is 1.70. The fourth-order valence-electron chi connectivity index (χ4n) is 3.21. The standard InChI is InChI=1S/C22H25N3O/c1-15-9-8-12-21(17(15)3)24-22(26)23-14-19-13-16(2)25(18(19)4)20-10-6-5-7-11-20/h5-13H,14H2,1-4H3,(H2,23,24,26). The average molecular weight is 347 g/mol. The zero-order valence-corrected chi connectivity index (χ0v) is 15.8. The number of hydrogen-bond acceptors (Lipinski definition) is 1. The Kier molecular flexibility index (Phi) is 5.12. The molecule has 0 fully saturated rings. The summed E-state index contributed by atoms with van der Waals surface area (Å²) >= 11 is 0. The highest BCUT2D eigenvalue weighted by Gasteiger charge is 2.12. The number of carbonyl (C=O) groups excluding carboxylic acids is 1. The molecule has 0 atom stereocenters. The Bertz CT molecular complexity index is 926. The number of urea groups is 1. The van der Waals surface area contributed by atoms with Gasteiger partial charge in [0.25, 0.3) is 0 Å². The summed E-state index contributed by atoms with van der Waals surface area (Å²) in [5.74, 6) is 0. The lowest BCUT2D eigenvalue weighted by molar-refractivity contribution is 0.251. The molecule has 0 spiro atoms. The summed E-state index contributed by atoms with van der Waals surface area (Å²) in [5, 5.41) is 5.90. The second-order valence-electron chi connectivity index (χ2n) is 6.62. The van der Waals surface area contributed by atoms with Crippen molar-refractivity contribution in [3.63, 3.8) is 0 Å². The van der Waals surface area contributed by atoms with Gasteiger partial charge in [0.05, 0.1) is 0 Å². The summed E-state index contributed by atoms with van der Waals surface area (Å²) in [7, 11) is 0. The van der Waals surface area contributed by atoms with Crippen molar-refractivity contribution < 1.29 is 4.79 Å². The van der Waals surface area contributed by atoms with Gasteiger partial charge in [0.2, 0.25) is 0 Å². The Labute approximate surface area is 154 Å². The molecule has 0 aliphatic carbocycles. The van der Waals surface area contributed by atoms with E-state index in [0.717, 1.165) is 39.5 Å². The van der Waals surface area contributed by atoms with E-state index >= 15 is 0 Å². The van der Waals surface area contributed by atoms with Crippen LogP contribution in [-0.2, 0) is 6.54 Å². The van der Waals surface area contributed by atoms with Gasteiger partial charge in [-0.05, 0) is 68.7 Å². The number of rotatable bonds is 4. The Morgan fingerprint density at radius 3 is 2.42 bits per heavy atom. The van der Waals surface area contributed by atoms with Crippen LogP contribution in [0.15, 0.2) is 54.6 Å². The first-order valence-corrected chi connectivity index (χ1v) is 8.81. The van der Waals surface area contributed by atoms with Gasteiger partial charge in [-0.2, -0.15) is 0 Å². The van der Waals surface area contributed by atoms with Crippen LogP contribution >= 0.6 is 0 Å². The van der Waals surface area contributed by atoms with E-state index in [2.05, 4.69) is 47.2 Å². The number of anilines is 1. The van der Waals surface area contributed by atoms with Gasteiger partial charge in [-0.15, -0.1) is 0 Å². The predicted molar refractivity (Wildman–Crippen MR) is 107 cm³/mol. The van der Waals surface area contributed by atoms with E-state index in [1.807, 2.05) is 50.2 Å². The average Bonchev–Trinajstić information content (AvgIpc) is 2.91. The molecule has 2 aromatic carbocycles. The summed E-state index contributed by atoms with van der Waals surface area (Å²) < 4.78 is 2.21.